The third-order valence-electron chi connectivity index (χ3n) is 2.82. The van der Waals surface area contributed by atoms with Crippen molar-refractivity contribution in [1.29, 1.82) is 0 Å². The maximum Gasteiger partial charge on any atom is 0.278 e. The molecule has 0 atom stereocenters. The van der Waals surface area contributed by atoms with Gasteiger partial charge in [-0.3, -0.25) is 14.9 Å². The lowest BCUT2D eigenvalue weighted by Gasteiger charge is -2.05. The van der Waals surface area contributed by atoms with Gasteiger partial charge in [-0.1, -0.05) is 22.0 Å². The van der Waals surface area contributed by atoms with Crippen LogP contribution in [0.4, 0.5) is 11.4 Å². The zero-order valence-electron chi connectivity index (χ0n) is 11.2. The number of nitrogens with two attached hydrogens (primary N) is 2. The third-order valence-corrected chi connectivity index (χ3v) is 3.31. The molecule has 2 aromatic rings. The summed E-state index contributed by atoms with van der Waals surface area (Å²) in [5.74, 6) is -0.740. The van der Waals surface area contributed by atoms with Gasteiger partial charge in [0.25, 0.3) is 11.6 Å². The molecule has 0 bridgehead atoms. The van der Waals surface area contributed by atoms with Crippen molar-refractivity contribution in [3.8, 4) is 0 Å². The fourth-order valence-electron chi connectivity index (χ4n) is 1.74. The van der Waals surface area contributed by atoms with Crippen LogP contribution in [0.15, 0.2) is 51.9 Å². The predicted molar refractivity (Wildman–Crippen MR) is 86.7 cm³/mol. The summed E-state index contributed by atoms with van der Waals surface area (Å²) >= 11 is 3.25. The Bertz CT molecular complexity index is 789. The van der Waals surface area contributed by atoms with Gasteiger partial charge < -0.3 is 11.5 Å². The van der Waals surface area contributed by atoms with Gasteiger partial charge in [0.1, 0.15) is 5.84 Å². The molecule has 0 aromatic heterocycles. The summed E-state index contributed by atoms with van der Waals surface area (Å²) in [6.07, 6.45) is 0. The van der Waals surface area contributed by atoms with E-state index in [1.54, 1.807) is 24.3 Å². The van der Waals surface area contributed by atoms with Crippen molar-refractivity contribution < 1.29 is 9.72 Å². The van der Waals surface area contributed by atoms with Crippen LogP contribution in [0.2, 0.25) is 0 Å². The van der Waals surface area contributed by atoms with E-state index in [1.165, 1.54) is 18.2 Å². The molecular weight excluding hydrogens is 352 g/mol. The summed E-state index contributed by atoms with van der Waals surface area (Å²) in [5.41, 5.74) is 12.0. The number of nitrogen functional groups attached to an aromatic ring is 1. The van der Waals surface area contributed by atoms with Crippen LogP contribution in [0.25, 0.3) is 0 Å². The number of amidine groups is 1. The van der Waals surface area contributed by atoms with E-state index in [1.807, 2.05) is 0 Å². The number of non-ortho nitro benzene ring substituents is 1. The number of hydrogen-bond acceptors (Lipinski definition) is 4. The normalized spacial score (nSPS) is 11.2. The average Bonchev–Trinajstić information content (AvgIpc) is 2.47. The molecule has 0 fully saturated rings. The summed E-state index contributed by atoms with van der Waals surface area (Å²) in [6.45, 7) is 0. The van der Waals surface area contributed by atoms with Crippen molar-refractivity contribution >= 4 is 39.0 Å². The highest BCUT2D eigenvalue weighted by Crippen LogP contribution is 2.20. The van der Waals surface area contributed by atoms with E-state index in [0.29, 0.717) is 5.56 Å². The quantitative estimate of drug-likeness (QED) is 0.285. The molecular formula is C14H11BrN4O3. The molecule has 0 aliphatic carbocycles. The molecule has 0 saturated carbocycles. The zero-order valence-corrected chi connectivity index (χ0v) is 12.8. The second-order valence-corrected chi connectivity index (χ2v) is 5.26. The monoisotopic (exact) mass is 362 g/mol. The average molecular weight is 363 g/mol. The first-order chi connectivity index (χ1) is 10.4. The Morgan fingerprint density at radius 1 is 1.23 bits per heavy atom. The number of carbonyl (C=O) groups excluding carboxylic acids is 1. The van der Waals surface area contributed by atoms with E-state index < -0.39 is 10.8 Å². The van der Waals surface area contributed by atoms with E-state index in [9.17, 15) is 14.9 Å². The minimum Gasteiger partial charge on any atom is -0.398 e. The van der Waals surface area contributed by atoms with Crippen LogP contribution >= 0.6 is 15.9 Å². The summed E-state index contributed by atoms with van der Waals surface area (Å²) < 4.78 is 0.724. The van der Waals surface area contributed by atoms with Crippen LogP contribution in [-0.2, 0) is 0 Å². The van der Waals surface area contributed by atoms with Crippen LogP contribution in [0, 0.1) is 10.1 Å². The van der Waals surface area contributed by atoms with Gasteiger partial charge in [-0.2, -0.15) is 4.99 Å². The first-order valence-electron chi connectivity index (χ1n) is 6.07. The van der Waals surface area contributed by atoms with Crippen molar-refractivity contribution in [2.75, 3.05) is 5.73 Å². The number of nitrogens with zero attached hydrogens (tertiary/aromatic N) is 2. The van der Waals surface area contributed by atoms with Gasteiger partial charge in [-0.25, -0.2) is 0 Å². The Kier molecular flexibility index (Phi) is 4.52. The highest BCUT2D eigenvalue weighted by atomic mass is 79.9. The first kappa shape index (κ1) is 15.6. The molecule has 1 amide bonds. The van der Waals surface area contributed by atoms with Crippen molar-refractivity contribution in [2.45, 2.75) is 0 Å². The minimum atomic E-state index is -0.577. The summed E-state index contributed by atoms with van der Waals surface area (Å²) in [6, 6.07) is 10.4. The first-order valence-corrected chi connectivity index (χ1v) is 6.86. The predicted octanol–water partition coefficient (Wildman–Crippen LogP) is 2.49. The van der Waals surface area contributed by atoms with Gasteiger partial charge in [0.05, 0.1) is 4.92 Å². The van der Waals surface area contributed by atoms with E-state index in [4.69, 9.17) is 11.5 Å². The van der Waals surface area contributed by atoms with Crippen LogP contribution in [0.5, 0.6) is 0 Å². The second-order valence-electron chi connectivity index (χ2n) is 4.34. The van der Waals surface area contributed by atoms with Gasteiger partial charge in [-0.05, 0) is 24.3 Å². The van der Waals surface area contributed by atoms with Gasteiger partial charge in [0.15, 0.2) is 0 Å². The lowest BCUT2D eigenvalue weighted by atomic mass is 10.1. The highest BCUT2D eigenvalue weighted by molar-refractivity contribution is 9.10. The van der Waals surface area contributed by atoms with E-state index >= 15 is 0 Å². The number of nitro groups is 1. The number of anilines is 1. The third kappa shape index (κ3) is 3.47. The SMILES string of the molecule is NC(=NC(=O)c1cccc(Br)c1)c1cc([N+](=O)[O-])ccc1N. The van der Waals surface area contributed by atoms with E-state index in [-0.39, 0.29) is 22.8 Å². The second kappa shape index (κ2) is 6.35. The molecule has 0 aliphatic heterocycles. The molecule has 0 unspecified atom stereocenters. The Labute approximate surface area is 133 Å². The Morgan fingerprint density at radius 2 is 1.95 bits per heavy atom. The fraction of sp³-hybridized carbons (Fsp3) is 0. The number of rotatable bonds is 3. The van der Waals surface area contributed by atoms with Gasteiger partial charge in [0, 0.05) is 33.4 Å². The smallest absolute Gasteiger partial charge is 0.278 e. The molecule has 7 nitrogen and oxygen atoms in total. The molecule has 0 radical (unpaired) electrons. The molecule has 0 saturated heterocycles. The maximum atomic E-state index is 12.0. The highest BCUT2D eigenvalue weighted by Gasteiger charge is 2.13. The molecule has 2 rings (SSSR count). The van der Waals surface area contributed by atoms with Crippen molar-refractivity contribution in [3.05, 3.63) is 68.2 Å². The number of hydrogen-bond donors (Lipinski definition) is 2. The number of amides is 1. The number of carbonyl (C=O) groups is 1. The summed E-state index contributed by atoms with van der Waals surface area (Å²) in [5, 5.41) is 10.8. The molecule has 2 aromatic carbocycles. The topological polar surface area (TPSA) is 125 Å². The molecule has 112 valence electrons. The number of aliphatic imine (C=N–C) groups is 1. The maximum absolute atomic E-state index is 12.0. The Morgan fingerprint density at radius 3 is 2.59 bits per heavy atom. The van der Waals surface area contributed by atoms with Crippen LogP contribution in [0.1, 0.15) is 15.9 Å². The van der Waals surface area contributed by atoms with Crippen molar-refractivity contribution in [3.63, 3.8) is 0 Å². The van der Waals surface area contributed by atoms with Gasteiger partial charge in [-0.15, -0.1) is 0 Å². The van der Waals surface area contributed by atoms with E-state index in [0.717, 1.165) is 4.47 Å². The van der Waals surface area contributed by atoms with Crippen LogP contribution in [-0.4, -0.2) is 16.7 Å². The standard InChI is InChI=1S/C14H11BrN4O3/c15-9-3-1-2-8(6-9)14(20)18-13(17)11-7-10(19(21)22)4-5-12(11)16/h1-7H,16H2,(H2,17,18,20). The van der Waals surface area contributed by atoms with Gasteiger partial charge in [0.2, 0.25) is 0 Å². The molecule has 0 aliphatic rings. The molecule has 0 spiro atoms. The molecule has 22 heavy (non-hydrogen) atoms. The number of benzene rings is 2. The minimum absolute atomic E-state index is 0.151. The summed E-state index contributed by atoms with van der Waals surface area (Å²) in [7, 11) is 0. The lowest BCUT2D eigenvalue weighted by molar-refractivity contribution is -0.384. The Hall–Kier alpha value is -2.74. The number of halogens is 1. The van der Waals surface area contributed by atoms with Crippen LogP contribution in [0.3, 0.4) is 0 Å². The summed E-state index contributed by atoms with van der Waals surface area (Å²) in [4.78, 5) is 26.0. The molecule has 0 heterocycles. The fourth-order valence-corrected chi connectivity index (χ4v) is 2.13. The molecule has 4 N–H and O–H groups in total. The van der Waals surface area contributed by atoms with Crippen LogP contribution < -0.4 is 11.5 Å². The Balaban J connectivity index is 2.38. The zero-order chi connectivity index (χ0) is 16.3. The van der Waals surface area contributed by atoms with E-state index in [2.05, 4.69) is 20.9 Å². The van der Waals surface area contributed by atoms with Crippen molar-refractivity contribution in [2.24, 2.45) is 10.7 Å². The molecule has 8 heteroatoms. The largest absolute Gasteiger partial charge is 0.398 e. The van der Waals surface area contributed by atoms with Gasteiger partial charge >= 0.3 is 0 Å². The number of nitro benzene ring substituents is 1. The lowest BCUT2D eigenvalue weighted by Crippen LogP contribution is -2.18. The van der Waals surface area contributed by atoms with Crippen molar-refractivity contribution in [1.82, 2.24) is 0 Å².